The van der Waals surface area contributed by atoms with Crippen molar-refractivity contribution in [3.8, 4) is 0 Å². The van der Waals surface area contributed by atoms with Crippen LogP contribution in [0.1, 0.15) is 43.1 Å². The highest BCUT2D eigenvalue weighted by Gasteiger charge is 2.48. The van der Waals surface area contributed by atoms with Crippen molar-refractivity contribution in [2.45, 2.75) is 37.9 Å². The van der Waals surface area contributed by atoms with Gasteiger partial charge in [-0.2, -0.15) is 0 Å². The molecular weight excluding hydrogens is 344 g/mol. The lowest BCUT2D eigenvalue weighted by Crippen LogP contribution is -2.47. The highest BCUT2D eigenvalue weighted by Crippen LogP contribution is 2.47. The van der Waals surface area contributed by atoms with E-state index in [2.05, 4.69) is 52.6 Å². The molecule has 1 aromatic rings. The number of rotatable bonds is 0. The summed E-state index contributed by atoms with van der Waals surface area (Å²) in [5, 5.41) is 0. The molecule has 0 saturated heterocycles. The summed E-state index contributed by atoms with van der Waals surface area (Å²) >= 11 is 7.15. The molecule has 1 aliphatic carbocycles. The van der Waals surface area contributed by atoms with Gasteiger partial charge in [0.05, 0.1) is 4.32 Å². The molecule has 0 heterocycles. The van der Waals surface area contributed by atoms with Gasteiger partial charge in [0.2, 0.25) is 0 Å². The predicted octanol–water partition coefficient (Wildman–Crippen LogP) is 4.76. The quantitative estimate of drug-likeness (QED) is 0.610. The van der Waals surface area contributed by atoms with Crippen LogP contribution in [-0.4, -0.2) is 10.1 Å². The van der Waals surface area contributed by atoms with Crippen LogP contribution >= 0.6 is 31.9 Å². The summed E-state index contributed by atoms with van der Waals surface area (Å²) in [6, 6.07) is 6.00. The van der Waals surface area contributed by atoms with Gasteiger partial charge in [-0.25, -0.2) is 0 Å². The Morgan fingerprint density at radius 1 is 1.29 bits per heavy atom. The van der Waals surface area contributed by atoms with E-state index in [4.69, 9.17) is 0 Å². The highest BCUT2D eigenvalue weighted by atomic mass is 79.9. The molecule has 0 fully saturated rings. The second-order valence-electron chi connectivity index (χ2n) is 5.68. The molecule has 0 N–H and O–H groups in total. The van der Waals surface area contributed by atoms with E-state index in [0.29, 0.717) is 0 Å². The summed E-state index contributed by atoms with van der Waals surface area (Å²) in [6.45, 7) is 6.34. The van der Waals surface area contributed by atoms with Gasteiger partial charge in [0.25, 0.3) is 0 Å². The minimum absolute atomic E-state index is 0.0793. The first-order chi connectivity index (χ1) is 7.75. The fourth-order valence-corrected chi connectivity index (χ4v) is 3.10. The van der Waals surface area contributed by atoms with Crippen LogP contribution in [0.3, 0.4) is 0 Å². The smallest absolute Gasteiger partial charge is 0.180 e. The largest absolute Gasteiger partial charge is 0.293 e. The molecule has 0 spiro atoms. The maximum absolute atomic E-state index is 12.7. The summed E-state index contributed by atoms with van der Waals surface area (Å²) in [5.74, 6) is 0.215. The zero-order chi connectivity index (χ0) is 12.8. The van der Waals surface area contributed by atoms with Crippen LogP contribution in [0.15, 0.2) is 22.7 Å². The maximum Gasteiger partial charge on any atom is 0.180 e. The van der Waals surface area contributed by atoms with Crippen LogP contribution < -0.4 is 0 Å². The fourth-order valence-electron chi connectivity index (χ4n) is 2.33. The summed E-state index contributed by atoms with van der Waals surface area (Å²) < 4.78 is 0.531. The van der Waals surface area contributed by atoms with E-state index >= 15 is 0 Å². The average molecular weight is 360 g/mol. The van der Waals surface area contributed by atoms with Gasteiger partial charge >= 0.3 is 0 Å². The van der Waals surface area contributed by atoms with E-state index in [0.717, 1.165) is 28.4 Å². The Hall–Kier alpha value is -0.150. The van der Waals surface area contributed by atoms with Crippen molar-refractivity contribution in [2.75, 3.05) is 0 Å². The minimum atomic E-state index is -0.437. The molecule has 17 heavy (non-hydrogen) atoms. The van der Waals surface area contributed by atoms with Crippen molar-refractivity contribution in [3.05, 3.63) is 33.8 Å². The molecule has 0 radical (unpaired) electrons. The number of hydrogen-bond donors (Lipinski definition) is 0. The topological polar surface area (TPSA) is 17.1 Å². The average Bonchev–Trinajstić information content (AvgIpc) is 2.23. The van der Waals surface area contributed by atoms with Gasteiger partial charge in [-0.05, 0) is 36.0 Å². The van der Waals surface area contributed by atoms with Crippen LogP contribution in [0.5, 0.6) is 0 Å². The lowest BCUT2D eigenvalue weighted by Gasteiger charge is -2.41. The highest BCUT2D eigenvalue weighted by molar-refractivity contribution is 9.10. The molecule has 0 aromatic heterocycles. The monoisotopic (exact) mass is 358 g/mol. The zero-order valence-electron chi connectivity index (χ0n) is 10.3. The minimum Gasteiger partial charge on any atom is -0.293 e. The SMILES string of the molecule is CC(C)(C)[C@@]1(Br)CCc2ccc(Br)cc2C1=O. The van der Waals surface area contributed by atoms with Crippen LogP contribution in [0.25, 0.3) is 0 Å². The van der Waals surface area contributed by atoms with E-state index in [-0.39, 0.29) is 11.2 Å². The third kappa shape index (κ3) is 2.12. The molecule has 0 saturated carbocycles. The van der Waals surface area contributed by atoms with E-state index in [9.17, 15) is 4.79 Å². The van der Waals surface area contributed by atoms with Crippen LogP contribution in [0.2, 0.25) is 0 Å². The first-order valence-corrected chi connectivity index (χ1v) is 7.36. The van der Waals surface area contributed by atoms with E-state index in [1.807, 2.05) is 18.2 Å². The van der Waals surface area contributed by atoms with Crippen LogP contribution in [0, 0.1) is 5.41 Å². The number of hydrogen-bond acceptors (Lipinski definition) is 1. The second-order valence-corrected chi connectivity index (χ2v) is 7.95. The van der Waals surface area contributed by atoms with Gasteiger partial charge in [0.1, 0.15) is 0 Å². The Morgan fingerprint density at radius 3 is 2.53 bits per heavy atom. The Kier molecular flexibility index (Phi) is 3.28. The van der Waals surface area contributed by atoms with E-state index < -0.39 is 4.32 Å². The number of Topliss-reactive ketones (excluding diaryl/α,β-unsaturated/α-hetero) is 1. The number of carbonyl (C=O) groups excluding carboxylic acids is 1. The molecule has 0 bridgehead atoms. The Balaban J connectivity index is 2.53. The third-order valence-corrected chi connectivity index (χ3v) is 6.04. The summed E-state index contributed by atoms with van der Waals surface area (Å²) in [5.41, 5.74) is 1.94. The van der Waals surface area contributed by atoms with Crippen molar-refractivity contribution >= 4 is 37.6 Å². The molecule has 1 aromatic carbocycles. The number of halogens is 2. The number of benzene rings is 1. The lowest BCUT2D eigenvalue weighted by atomic mass is 9.69. The molecule has 1 aliphatic rings. The Morgan fingerprint density at radius 2 is 1.94 bits per heavy atom. The molecule has 0 amide bonds. The first kappa shape index (κ1) is 13.3. The number of aryl methyl sites for hydroxylation is 1. The zero-order valence-corrected chi connectivity index (χ0v) is 13.5. The van der Waals surface area contributed by atoms with Crippen LogP contribution in [0.4, 0.5) is 0 Å². The molecule has 3 heteroatoms. The van der Waals surface area contributed by atoms with Crippen LogP contribution in [-0.2, 0) is 6.42 Å². The number of fused-ring (bicyclic) bond motifs is 1. The van der Waals surface area contributed by atoms with Crippen molar-refractivity contribution in [1.29, 1.82) is 0 Å². The predicted molar refractivity (Wildman–Crippen MR) is 77.9 cm³/mol. The van der Waals surface area contributed by atoms with Crippen molar-refractivity contribution in [2.24, 2.45) is 5.41 Å². The summed E-state index contributed by atoms with van der Waals surface area (Å²) in [6.07, 6.45) is 1.82. The standard InChI is InChI=1S/C14H16Br2O/c1-13(2,3)14(16)7-6-9-4-5-10(15)8-11(9)12(14)17/h4-5,8H,6-7H2,1-3H3/t14-/m1/s1. The van der Waals surface area contributed by atoms with Gasteiger partial charge in [-0.1, -0.05) is 58.7 Å². The molecule has 0 aliphatic heterocycles. The van der Waals surface area contributed by atoms with Crippen molar-refractivity contribution in [1.82, 2.24) is 0 Å². The first-order valence-electron chi connectivity index (χ1n) is 5.78. The Labute approximate surface area is 119 Å². The van der Waals surface area contributed by atoms with E-state index in [1.54, 1.807) is 0 Å². The number of carbonyl (C=O) groups is 1. The summed E-state index contributed by atoms with van der Waals surface area (Å²) in [7, 11) is 0. The summed E-state index contributed by atoms with van der Waals surface area (Å²) in [4.78, 5) is 12.7. The molecule has 1 nitrogen and oxygen atoms in total. The van der Waals surface area contributed by atoms with Crippen molar-refractivity contribution in [3.63, 3.8) is 0 Å². The van der Waals surface area contributed by atoms with Gasteiger partial charge in [-0.15, -0.1) is 0 Å². The molecule has 2 rings (SSSR count). The molecule has 92 valence electrons. The number of ketones is 1. The molecule has 0 unspecified atom stereocenters. The molecule has 1 atom stereocenters. The normalized spacial score (nSPS) is 24.6. The molecular formula is C14H16Br2O. The van der Waals surface area contributed by atoms with E-state index in [1.165, 1.54) is 0 Å². The third-order valence-electron chi connectivity index (χ3n) is 3.60. The number of alkyl halides is 1. The Bertz CT molecular complexity index is 474. The fraction of sp³-hybridized carbons (Fsp3) is 0.500. The lowest BCUT2D eigenvalue weighted by molar-refractivity contribution is 0.0849. The second kappa shape index (κ2) is 4.20. The van der Waals surface area contributed by atoms with Crippen molar-refractivity contribution < 1.29 is 4.79 Å². The maximum atomic E-state index is 12.7. The van der Waals surface area contributed by atoms with Gasteiger partial charge < -0.3 is 0 Å². The van der Waals surface area contributed by atoms with Gasteiger partial charge in [-0.3, -0.25) is 4.79 Å². The van der Waals surface area contributed by atoms with Gasteiger partial charge in [0.15, 0.2) is 5.78 Å². The van der Waals surface area contributed by atoms with Gasteiger partial charge in [0, 0.05) is 10.0 Å².